The van der Waals surface area contributed by atoms with Gasteiger partial charge in [0.15, 0.2) is 0 Å². The molecular formula is C76H88O4. The number of hydrogen-bond acceptors (Lipinski definition) is 4. The molecular weight excluding hydrogens is 977 g/mol. The molecule has 4 aromatic rings. The van der Waals surface area contributed by atoms with Crippen LogP contribution in [0.3, 0.4) is 0 Å². The topological polar surface area (TPSA) is 36.9 Å². The molecule has 0 heterocycles. The Bertz CT molecular complexity index is 2460. The highest BCUT2D eigenvalue weighted by Crippen LogP contribution is 2.16. The summed E-state index contributed by atoms with van der Waals surface area (Å²) in [4.78, 5) is 0. The van der Waals surface area contributed by atoms with Gasteiger partial charge in [0.25, 0.3) is 0 Å². The van der Waals surface area contributed by atoms with Gasteiger partial charge in [0.1, 0.15) is 0 Å². The Balaban J connectivity index is 1.50. The van der Waals surface area contributed by atoms with E-state index in [1.165, 1.54) is 103 Å². The van der Waals surface area contributed by atoms with Crippen molar-refractivity contribution in [3.8, 4) is 94.7 Å². The Morgan fingerprint density at radius 2 is 0.388 bits per heavy atom. The molecule has 0 aromatic heterocycles. The van der Waals surface area contributed by atoms with Gasteiger partial charge in [-0.3, -0.25) is 0 Å². The minimum Gasteiger partial charge on any atom is -0.381 e. The minimum absolute atomic E-state index is 0.633. The molecule has 0 saturated carbocycles. The first-order chi connectivity index (χ1) is 39.5. The summed E-state index contributed by atoms with van der Waals surface area (Å²) in [5.74, 6) is 51.7. The molecule has 4 aromatic carbocycles. The zero-order valence-corrected chi connectivity index (χ0v) is 49.2. The summed E-state index contributed by atoms with van der Waals surface area (Å²) in [6.07, 6.45) is 27.3. The first-order valence-corrected chi connectivity index (χ1v) is 30.5. The van der Waals surface area contributed by atoms with Crippen molar-refractivity contribution >= 4 is 0 Å². The van der Waals surface area contributed by atoms with E-state index in [0.717, 1.165) is 145 Å². The zero-order valence-electron chi connectivity index (χ0n) is 49.2. The maximum Gasteiger partial charge on any atom is 0.0506 e. The molecule has 1 aliphatic carbocycles. The van der Waals surface area contributed by atoms with E-state index in [1.807, 2.05) is 24.3 Å². The molecule has 8 bridgehead atoms. The highest BCUT2D eigenvalue weighted by Gasteiger charge is 2.05. The van der Waals surface area contributed by atoms with Crippen molar-refractivity contribution < 1.29 is 18.9 Å². The third-order valence-electron chi connectivity index (χ3n) is 13.6. The van der Waals surface area contributed by atoms with E-state index in [9.17, 15) is 0 Å². The quantitative estimate of drug-likeness (QED) is 0.0336. The smallest absolute Gasteiger partial charge is 0.0506 e. The van der Waals surface area contributed by atoms with E-state index in [0.29, 0.717) is 26.4 Å². The van der Waals surface area contributed by atoms with Crippen molar-refractivity contribution in [3.63, 3.8) is 0 Å². The number of rotatable bonds is 36. The largest absolute Gasteiger partial charge is 0.381 e. The summed E-state index contributed by atoms with van der Waals surface area (Å²) < 4.78 is 24.3. The molecule has 416 valence electrons. The number of hydrogen-bond donors (Lipinski definition) is 0. The van der Waals surface area contributed by atoms with Gasteiger partial charge in [-0.05, 0) is 194 Å². The van der Waals surface area contributed by atoms with E-state index in [1.54, 1.807) is 0 Å². The molecule has 4 nitrogen and oxygen atoms in total. The zero-order chi connectivity index (χ0) is 56.2. The van der Waals surface area contributed by atoms with Gasteiger partial charge in [0.2, 0.25) is 0 Å². The molecule has 4 heteroatoms. The van der Waals surface area contributed by atoms with Crippen LogP contribution in [0.2, 0.25) is 0 Å². The highest BCUT2D eigenvalue weighted by molar-refractivity contribution is 5.56. The summed E-state index contributed by atoms with van der Waals surface area (Å²) in [7, 11) is 0. The van der Waals surface area contributed by atoms with Gasteiger partial charge >= 0.3 is 0 Å². The molecule has 0 unspecified atom stereocenters. The Morgan fingerprint density at radius 1 is 0.212 bits per heavy atom. The maximum atomic E-state index is 6.08. The first-order valence-electron chi connectivity index (χ1n) is 30.5. The fraction of sp³-hybridized carbons (Fsp3) is 0.474. The SMILES string of the molecule is CCCCCCCOCCc1cc2cc(c1)C#CC#Cc1cc(cc(CCOCCCCCCC)c1)C#CC#Cc1cc(cc(CCOCCCCCCC)c1)C#CC#Cc1cc(cc(CCOCCCCCCC)c1)C#CC#C2. The minimum atomic E-state index is 0.633. The highest BCUT2D eigenvalue weighted by atomic mass is 16.5. The summed E-state index contributed by atoms with van der Waals surface area (Å²) in [6, 6.07) is 25.0. The van der Waals surface area contributed by atoms with E-state index >= 15 is 0 Å². The van der Waals surface area contributed by atoms with Crippen molar-refractivity contribution in [2.24, 2.45) is 0 Å². The third kappa shape index (κ3) is 29.4. The molecule has 0 fully saturated rings. The van der Waals surface area contributed by atoms with Gasteiger partial charge in [-0.25, -0.2) is 0 Å². The second-order valence-electron chi connectivity index (χ2n) is 20.8. The van der Waals surface area contributed by atoms with Crippen molar-refractivity contribution in [2.75, 3.05) is 52.9 Å². The molecule has 1 aliphatic rings. The Hall–Kier alpha value is -6.80. The predicted octanol–water partition coefficient (Wildman–Crippen LogP) is 15.7. The number of fused-ring (bicyclic) bond motifs is 8. The predicted molar refractivity (Wildman–Crippen MR) is 334 cm³/mol. The van der Waals surface area contributed by atoms with Crippen LogP contribution < -0.4 is 0 Å². The van der Waals surface area contributed by atoms with Gasteiger partial charge in [0, 0.05) is 70.9 Å². The molecule has 0 saturated heterocycles. The Morgan fingerprint density at radius 3 is 0.562 bits per heavy atom. The lowest BCUT2D eigenvalue weighted by Gasteiger charge is -2.06. The maximum absolute atomic E-state index is 6.08. The average molecular weight is 1070 g/mol. The Kier molecular flexibility index (Phi) is 33.7. The first kappa shape index (κ1) is 64.0. The molecule has 5 rings (SSSR count). The van der Waals surface area contributed by atoms with Gasteiger partial charge < -0.3 is 18.9 Å². The van der Waals surface area contributed by atoms with E-state index in [4.69, 9.17) is 18.9 Å². The molecule has 0 N–H and O–H groups in total. The molecule has 0 atom stereocenters. The van der Waals surface area contributed by atoms with Crippen molar-refractivity contribution in [3.05, 3.63) is 140 Å². The van der Waals surface area contributed by atoms with E-state index < -0.39 is 0 Å². The van der Waals surface area contributed by atoms with Crippen LogP contribution in [0.1, 0.15) is 223 Å². The van der Waals surface area contributed by atoms with Gasteiger partial charge in [0.05, 0.1) is 26.4 Å². The second kappa shape index (κ2) is 42.1. The van der Waals surface area contributed by atoms with Crippen LogP contribution in [0.15, 0.2) is 72.8 Å². The monoisotopic (exact) mass is 1060 g/mol. The number of ether oxygens (including phenoxy) is 4. The molecule has 0 aliphatic heterocycles. The van der Waals surface area contributed by atoms with Gasteiger partial charge in [-0.2, -0.15) is 0 Å². The molecule has 80 heavy (non-hydrogen) atoms. The fourth-order valence-electron chi connectivity index (χ4n) is 9.15. The van der Waals surface area contributed by atoms with Crippen molar-refractivity contribution in [1.29, 1.82) is 0 Å². The van der Waals surface area contributed by atoms with Crippen molar-refractivity contribution in [2.45, 2.75) is 182 Å². The normalized spacial score (nSPS) is 11.1. The standard InChI is InChI=1S/C76H88O4/c1-5-9-13-17-29-45-77-49-41-73-57-65-33-21-23-35-67-54-69(61-74(59-67)42-50-78-46-30-18-14-10-6-2)37-25-27-39-71-56-72(64-76(63-71)44-52-80-48-32-20-16-12-8-4)40-28-26-38-70-55-68(36-24-22-34-66(53-65)58-73)60-75(62-70)43-51-79-47-31-19-15-11-7-3/h53-64H,5-20,29-32,41-52H2,1-4H3. The van der Waals surface area contributed by atoms with E-state index in [-0.39, 0.29) is 0 Å². The van der Waals surface area contributed by atoms with Gasteiger partial charge in [-0.1, -0.05) is 178 Å². The van der Waals surface area contributed by atoms with Crippen LogP contribution in [-0.2, 0) is 44.6 Å². The molecule has 0 spiro atoms. The summed E-state index contributed by atoms with van der Waals surface area (Å²) in [6.45, 7) is 14.6. The van der Waals surface area contributed by atoms with Crippen LogP contribution in [0.25, 0.3) is 0 Å². The third-order valence-corrected chi connectivity index (χ3v) is 13.6. The number of benzene rings is 4. The lowest BCUT2D eigenvalue weighted by atomic mass is 10.0. The van der Waals surface area contributed by atoms with E-state index in [2.05, 4.69) is 171 Å². The molecule has 0 radical (unpaired) electrons. The Labute approximate surface area is 485 Å². The lowest BCUT2D eigenvalue weighted by molar-refractivity contribution is 0.132. The summed E-state index contributed by atoms with van der Waals surface area (Å²) in [5.41, 5.74) is 11.2. The molecule has 0 amide bonds. The van der Waals surface area contributed by atoms with Crippen LogP contribution in [0.4, 0.5) is 0 Å². The number of unbranched alkanes of at least 4 members (excludes halogenated alkanes) is 16. The summed E-state index contributed by atoms with van der Waals surface area (Å²) in [5, 5.41) is 0. The van der Waals surface area contributed by atoms with Crippen molar-refractivity contribution in [1.82, 2.24) is 0 Å². The van der Waals surface area contributed by atoms with Crippen LogP contribution in [0, 0.1) is 94.7 Å². The van der Waals surface area contributed by atoms with Gasteiger partial charge in [-0.15, -0.1) is 0 Å². The summed E-state index contributed by atoms with van der Waals surface area (Å²) >= 11 is 0. The van der Waals surface area contributed by atoms with Crippen LogP contribution >= 0.6 is 0 Å². The lowest BCUT2D eigenvalue weighted by Crippen LogP contribution is -2.01. The van der Waals surface area contributed by atoms with Crippen LogP contribution in [-0.4, -0.2) is 52.9 Å². The average Bonchev–Trinajstić information content (AvgIpc) is 3.46. The van der Waals surface area contributed by atoms with Crippen LogP contribution in [0.5, 0.6) is 0 Å². The fourth-order valence-corrected chi connectivity index (χ4v) is 9.15. The second-order valence-corrected chi connectivity index (χ2v) is 20.8.